The van der Waals surface area contributed by atoms with Gasteiger partial charge in [0.25, 0.3) is 16.7 Å². The first-order chi connectivity index (χ1) is 63.9. The van der Waals surface area contributed by atoms with Crippen LogP contribution < -0.4 is 51.1 Å². The van der Waals surface area contributed by atoms with E-state index in [2.05, 4.69) is 102 Å². The second-order valence-electron chi connectivity index (χ2n) is 30.1. The lowest BCUT2D eigenvalue weighted by Gasteiger charge is -2.27. The highest BCUT2D eigenvalue weighted by Gasteiger charge is 2.59. The van der Waals surface area contributed by atoms with Gasteiger partial charge < -0.3 is 105 Å². The van der Waals surface area contributed by atoms with E-state index in [9.17, 15) is 43.4 Å². The summed E-state index contributed by atoms with van der Waals surface area (Å²) in [7, 11) is 0. The van der Waals surface area contributed by atoms with Gasteiger partial charge in [0.2, 0.25) is 17.8 Å². The molecule has 0 spiro atoms. The number of hydrogen-bond acceptors (Lipinski definition) is 48. The molecular formula is C60H66F6N30O26P6S7. The minimum Gasteiger partial charge on any atom is -0.382 e. The van der Waals surface area contributed by atoms with E-state index in [1.165, 1.54) is 49.9 Å². The van der Waals surface area contributed by atoms with Crippen LogP contribution in [0.3, 0.4) is 0 Å². The van der Waals surface area contributed by atoms with Crippen molar-refractivity contribution in [3.63, 3.8) is 0 Å². The van der Waals surface area contributed by atoms with Crippen LogP contribution in [0.1, 0.15) is 36.5 Å². The third kappa shape index (κ3) is 18.8. The zero-order valence-electron chi connectivity index (χ0n) is 66.8. The lowest BCUT2D eigenvalue weighted by Crippen LogP contribution is -2.34. The van der Waals surface area contributed by atoms with Gasteiger partial charge in [-0.2, -0.15) is 15.0 Å². The first-order valence-corrected chi connectivity index (χ1v) is 55.2. The number of H-pyrrole nitrogens is 3. The van der Waals surface area contributed by atoms with Crippen LogP contribution >= 0.6 is 64.4 Å². The Morgan fingerprint density at radius 2 is 0.630 bits per heavy atom. The Kier molecular flexibility index (Phi) is 26.2. The summed E-state index contributed by atoms with van der Waals surface area (Å²) in [5.41, 5.74) is 33.0. The van der Waals surface area contributed by atoms with Gasteiger partial charge in [-0.05, 0) is 59.0 Å². The normalized spacial score (nSPS) is 37.7. The molecular weight excluding hydrogens is 2080 g/mol. The third-order valence-corrected chi connectivity index (χ3v) is 32.6. The van der Waals surface area contributed by atoms with Crippen molar-refractivity contribution >= 4 is 226 Å². The predicted molar refractivity (Wildman–Crippen MR) is 470 cm³/mol. The average Bonchev–Trinajstić information content (AvgIpc) is 1.63. The number of ether oxygens (including phenoxy) is 5. The largest absolute Gasteiger partial charge is 0.386 e. The van der Waals surface area contributed by atoms with Crippen LogP contribution in [0.2, 0.25) is 0 Å². The first-order valence-electron chi connectivity index (χ1n) is 38.6. The van der Waals surface area contributed by atoms with Crippen molar-refractivity contribution in [2.45, 2.75) is 146 Å². The molecule has 0 saturated carbocycles. The number of fused-ring (bicyclic) bond motifs is 15. The highest BCUT2D eigenvalue weighted by Crippen LogP contribution is 2.62. The molecule has 0 aromatic carbocycles. The quantitative estimate of drug-likeness (QED) is 0.0629. The van der Waals surface area contributed by atoms with Crippen molar-refractivity contribution in [1.82, 2.24) is 117 Å². The zero-order valence-corrected chi connectivity index (χ0v) is 78.0. The number of halogens is 6. The lowest BCUT2D eigenvalue weighted by molar-refractivity contribution is -0.0599. The van der Waals surface area contributed by atoms with Gasteiger partial charge in [0.15, 0.2) is 130 Å². The highest BCUT2D eigenvalue weighted by molar-refractivity contribution is 8.44. The van der Waals surface area contributed by atoms with Gasteiger partial charge in [-0.25, -0.2) is 90.7 Å². The van der Waals surface area contributed by atoms with Crippen LogP contribution in [-0.4, -0.2) is 291 Å². The molecule has 726 valence electrons. The first kappa shape index (κ1) is 96.3. The molecule has 9 saturated heterocycles. The number of imidazole rings is 6. The maximum Gasteiger partial charge on any atom is 0.386 e. The van der Waals surface area contributed by atoms with Gasteiger partial charge in [-0.15, -0.1) is 11.8 Å². The standard InChI is InChI=1S/2C20H22F2N10O9P2S2.C20H22F2N10O8P2S3/c2*21-8-6-1-36-42(34,44)40-12-7(39-18(9(12)22)31-4-27-10-14(23)25-3-26-15(10)31)2-37-43(35,45)41-13(8)19(38-6)32-5-28-11-16(32)29-20(24)30-17(11)33;21-8-7-2-37-42(35,44)39-12-6(38-18(9(12)22)31-4-27-10-14(23)25-3-26-15(10)31)1-36-41(34,43)40-13(8)19(45-7)32-5-28-11-16(32)29-20(24)30-17(11)33/h2*3-9,12-13,18-19H,1-2H2,(H,34,44)(H,35,45)(H2,23,25,26)(H3,24,29,30,33);3-9,12-13,18-19H,1-2H2,(H,34,43)(H,35,44)(H2,23,25,26)(H3,24,29,30,33)/t2*6-,7-,8-,9+,12-,13-,18-,19-,42?,43?;6-,7-,8+,9+,12-,13-,18-,19-,41?,42?/m111/s1. The number of hydrogen-bond donors (Lipinski definition) is 15. The molecule has 0 aliphatic carbocycles. The Morgan fingerprint density at radius 3 is 0.993 bits per heavy atom. The number of thioether (sulfide) groups is 1. The van der Waals surface area contributed by atoms with Gasteiger partial charge in [0.1, 0.15) is 114 Å². The maximum atomic E-state index is 16.0. The number of rotatable bonds is 6. The fraction of sp³-hybridized carbons (Fsp3) is 0.500. The molecule has 12 aromatic heterocycles. The molecule has 56 nitrogen and oxygen atoms in total. The van der Waals surface area contributed by atoms with E-state index in [0.29, 0.717) is 0 Å². The Labute approximate surface area is 779 Å². The van der Waals surface area contributed by atoms with Gasteiger partial charge >= 0.3 is 40.4 Å². The maximum absolute atomic E-state index is 16.0. The van der Waals surface area contributed by atoms with Crippen LogP contribution in [0.4, 0.5) is 61.6 Å². The Bertz CT molecular complexity index is 6510. The summed E-state index contributed by atoms with van der Waals surface area (Å²) in [5, 5.41) is -2.11. The summed E-state index contributed by atoms with van der Waals surface area (Å²) in [6, 6.07) is 0. The highest BCUT2D eigenvalue weighted by atomic mass is 32.7. The Balaban J connectivity index is 0.000000130. The Morgan fingerprint density at radius 1 is 0.348 bits per heavy atom. The molecule has 75 heteroatoms. The van der Waals surface area contributed by atoms with Crippen LogP contribution in [0.25, 0.3) is 67.0 Å². The molecule has 0 amide bonds. The summed E-state index contributed by atoms with van der Waals surface area (Å²) in [6.45, 7) is -29.9. The van der Waals surface area contributed by atoms with E-state index in [4.69, 9.17) is 171 Å². The minimum atomic E-state index is -4.49. The molecule has 9 fully saturated rings. The van der Waals surface area contributed by atoms with Crippen molar-refractivity contribution in [3.8, 4) is 0 Å². The molecule has 9 aliphatic rings. The van der Waals surface area contributed by atoms with Crippen LogP contribution in [0.5, 0.6) is 0 Å². The topological polar surface area (TPSA) is 753 Å². The molecule has 6 unspecified atom stereocenters. The summed E-state index contributed by atoms with van der Waals surface area (Å²) >= 11 is 30.7. The van der Waals surface area contributed by atoms with E-state index >= 15 is 26.3 Å². The average molecular weight is 2150 g/mol. The zero-order chi connectivity index (χ0) is 95.5. The fourth-order valence-corrected chi connectivity index (χ4v) is 25.9. The molecule has 6 bridgehead atoms. The molecule has 30 atom stereocenters. The number of nitrogens with zero attached hydrogens (tertiary/aromatic N) is 21. The lowest BCUT2D eigenvalue weighted by atomic mass is 10.1. The molecule has 0 radical (unpaired) electrons. The molecule has 9 aliphatic heterocycles. The predicted octanol–water partition coefficient (Wildman–Crippen LogP) is 1.07. The van der Waals surface area contributed by atoms with Crippen LogP contribution in [0, 0.1) is 0 Å². The van der Waals surface area contributed by atoms with E-state index in [-0.39, 0.29) is 102 Å². The van der Waals surface area contributed by atoms with Crippen molar-refractivity contribution < 1.29 is 133 Å². The number of anilines is 6. The molecule has 21 rings (SSSR count). The van der Waals surface area contributed by atoms with E-state index in [1.807, 2.05) is 0 Å². The smallest absolute Gasteiger partial charge is 0.382 e. The molecule has 135 heavy (non-hydrogen) atoms. The number of thiol groups is 1. The SMILES string of the molecule is Nc1nc2c(ncn2[C@@H]2O[C@@H]3COP(O)(=S)O[C@H]4[C@H](F)[C@H](n5cnc6c(N)ncnc65)O[C@@H]4COP(=O)(S)O[C@@H]2[C@@H]3F)c(=O)[nH]1.Nc1nc2c(ncn2[C@@H]2O[C@@H]3COP(O)(=S)O[C@H]4[C@H](F)[C@H](n5cnc6c(N)ncnc65)O[C@@H]4COP(O)(=S)O[C@@H]2[C@@H]3F)c(=O)[nH]1.Nc1nc2c(ncn2[C@@H]2S[C@@H]3COP(O)(=S)O[C@H]4[C@H](F)[C@H](n5cnc6c(N)ncnc65)O[C@@H]4COP(O)(=S)O[C@@H]2[C@H]3F)c(=O)[nH]1. The summed E-state index contributed by atoms with van der Waals surface area (Å²) in [6.07, 6.45) is -25.6. The third-order valence-electron chi connectivity index (χ3n) is 21.7. The van der Waals surface area contributed by atoms with Crippen molar-refractivity contribution in [1.29, 1.82) is 0 Å². The van der Waals surface area contributed by atoms with Gasteiger partial charge in [0, 0.05) is 0 Å². The Hall–Kier alpha value is -7.62. The number of aromatic amines is 3. The number of alkyl halides is 6. The van der Waals surface area contributed by atoms with Crippen LogP contribution in [0.15, 0.2) is 71.3 Å². The number of nitrogen functional groups attached to an aromatic ring is 6. The number of aromatic nitrogens is 24. The summed E-state index contributed by atoms with van der Waals surface area (Å²) in [5.74, 6) is -0.594. The van der Waals surface area contributed by atoms with E-state index in [0.717, 1.165) is 46.2 Å². The van der Waals surface area contributed by atoms with E-state index in [1.54, 1.807) is 0 Å². The molecule has 20 N–H and O–H groups in total. The van der Waals surface area contributed by atoms with Crippen molar-refractivity contribution in [2.24, 2.45) is 0 Å². The fourth-order valence-electron chi connectivity index (χ4n) is 15.7. The monoisotopic (exact) mass is 2150 g/mol. The van der Waals surface area contributed by atoms with Gasteiger partial charge in [0.05, 0.1) is 82.9 Å². The summed E-state index contributed by atoms with van der Waals surface area (Å²) < 4.78 is 212. The number of nitrogens with two attached hydrogens (primary N) is 6. The van der Waals surface area contributed by atoms with Crippen molar-refractivity contribution in [3.05, 3.63) is 88.0 Å². The van der Waals surface area contributed by atoms with Crippen molar-refractivity contribution in [2.75, 3.05) is 74.0 Å². The van der Waals surface area contributed by atoms with Gasteiger partial charge in [-0.1, -0.05) is 12.2 Å². The van der Waals surface area contributed by atoms with Crippen LogP contribution in [-0.2, 0) is 142 Å². The minimum absolute atomic E-state index is 0.0151. The second-order valence-corrected chi connectivity index (χ2v) is 48.3. The number of nitrogens with one attached hydrogen (secondary N) is 3. The molecule has 12 aromatic rings. The second kappa shape index (κ2) is 36.8. The van der Waals surface area contributed by atoms with E-state index < -0.39 is 243 Å². The van der Waals surface area contributed by atoms with Gasteiger partial charge in [-0.3, -0.25) is 88.4 Å². The summed E-state index contributed by atoms with van der Waals surface area (Å²) in [4.78, 5) is 159. The molecule has 21 heterocycles.